The third-order valence-electron chi connectivity index (χ3n) is 5.62. The van der Waals surface area contributed by atoms with E-state index in [2.05, 4.69) is 32.0 Å². The van der Waals surface area contributed by atoms with Crippen molar-refractivity contribution in [1.29, 1.82) is 0 Å². The molecule has 96 valence electrons. The molecule has 2 rings (SSSR count). The first-order chi connectivity index (χ1) is 8.02. The van der Waals surface area contributed by atoms with Gasteiger partial charge in [-0.05, 0) is 36.0 Å². The van der Waals surface area contributed by atoms with E-state index in [4.69, 9.17) is 6.42 Å². The summed E-state index contributed by atoms with van der Waals surface area (Å²) < 4.78 is 0. The van der Waals surface area contributed by atoms with Crippen LogP contribution in [0.5, 0.6) is 0 Å². The second kappa shape index (κ2) is 4.86. The maximum Gasteiger partial charge on any atom is 0.0545 e. The molecule has 1 N–H and O–H groups in total. The lowest BCUT2D eigenvalue weighted by molar-refractivity contribution is 0.122. The molecule has 0 aromatic carbocycles. The van der Waals surface area contributed by atoms with E-state index in [1.165, 1.54) is 19.3 Å². The molecule has 2 fully saturated rings. The number of hydrogen-bond donors (Lipinski definition) is 1. The Morgan fingerprint density at radius 2 is 2.18 bits per heavy atom. The third-order valence-corrected chi connectivity index (χ3v) is 6.48. The summed E-state index contributed by atoms with van der Waals surface area (Å²) in [6.45, 7) is 8.54. The van der Waals surface area contributed by atoms with Gasteiger partial charge in [0.25, 0.3) is 0 Å². The smallest absolute Gasteiger partial charge is 0.0545 e. The summed E-state index contributed by atoms with van der Waals surface area (Å²) in [6.07, 6.45) is 9.47. The van der Waals surface area contributed by atoms with Crippen molar-refractivity contribution in [1.82, 2.24) is 5.32 Å². The molecule has 2 bridgehead atoms. The molecule has 0 amide bonds. The standard InChI is InChI=1S/C15H25NS/c1-5-9-17-10-8-16-13-11-12-6-7-15(13,4)14(12,2)3/h1,12-13,16H,6-11H2,2-4H3. The fraction of sp³-hybridized carbons (Fsp3) is 0.867. The van der Waals surface area contributed by atoms with Gasteiger partial charge in [-0.15, -0.1) is 18.2 Å². The summed E-state index contributed by atoms with van der Waals surface area (Å²) in [5.41, 5.74) is 1.03. The van der Waals surface area contributed by atoms with Crippen molar-refractivity contribution < 1.29 is 0 Å². The van der Waals surface area contributed by atoms with E-state index in [0.29, 0.717) is 10.8 Å². The van der Waals surface area contributed by atoms with E-state index < -0.39 is 0 Å². The first kappa shape index (κ1) is 13.3. The van der Waals surface area contributed by atoms with Crippen molar-refractivity contribution in [2.45, 2.75) is 46.1 Å². The third kappa shape index (κ3) is 2.13. The minimum Gasteiger partial charge on any atom is -0.313 e. The van der Waals surface area contributed by atoms with E-state index in [0.717, 1.165) is 30.0 Å². The highest BCUT2D eigenvalue weighted by Gasteiger charge is 2.60. The van der Waals surface area contributed by atoms with E-state index in [1.807, 2.05) is 11.8 Å². The van der Waals surface area contributed by atoms with E-state index in [1.54, 1.807) is 0 Å². The number of thioether (sulfide) groups is 1. The van der Waals surface area contributed by atoms with Crippen molar-refractivity contribution in [3.8, 4) is 12.3 Å². The molecule has 3 unspecified atom stereocenters. The van der Waals surface area contributed by atoms with Crippen LogP contribution in [-0.2, 0) is 0 Å². The van der Waals surface area contributed by atoms with Gasteiger partial charge in [0.15, 0.2) is 0 Å². The van der Waals surface area contributed by atoms with E-state index in [-0.39, 0.29) is 0 Å². The molecule has 0 aromatic heterocycles. The van der Waals surface area contributed by atoms with Gasteiger partial charge in [0.05, 0.1) is 5.75 Å². The molecule has 2 aliphatic carbocycles. The Kier molecular flexibility index (Phi) is 3.80. The van der Waals surface area contributed by atoms with Crippen molar-refractivity contribution in [2.24, 2.45) is 16.7 Å². The van der Waals surface area contributed by atoms with Gasteiger partial charge in [0, 0.05) is 18.3 Å². The Labute approximate surface area is 111 Å². The SMILES string of the molecule is C#CCSCCNC1CC2CCC1(C)C2(C)C. The Morgan fingerprint density at radius 3 is 2.71 bits per heavy atom. The van der Waals surface area contributed by atoms with Gasteiger partial charge in [-0.25, -0.2) is 0 Å². The Balaban J connectivity index is 1.82. The molecule has 0 aromatic rings. The van der Waals surface area contributed by atoms with Gasteiger partial charge < -0.3 is 5.32 Å². The van der Waals surface area contributed by atoms with Crippen molar-refractivity contribution >= 4 is 11.8 Å². The van der Waals surface area contributed by atoms with Gasteiger partial charge in [-0.2, -0.15) is 0 Å². The highest BCUT2D eigenvalue weighted by molar-refractivity contribution is 7.99. The van der Waals surface area contributed by atoms with Crippen LogP contribution in [0.1, 0.15) is 40.0 Å². The molecule has 1 nitrogen and oxygen atoms in total. The van der Waals surface area contributed by atoms with Crippen molar-refractivity contribution in [3.63, 3.8) is 0 Å². The molecule has 0 heterocycles. The molecular weight excluding hydrogens is 226 g/mol. The predicted octanol–water partition coefficient (Wildman–Crippen LogP) is 3.16. The Hall–Kier alpha value is -0.130. The monoisotopic (exact) mass is 251 g/mol. The quantitative estimate of drug-likeness (QED) is 0.595. The van der Waals surface area contributed by atoms with Crippen LogP contribution < -0.4 is 5.32 Å². The van der Waals surface area contributed by atoms with Crippen LogP contribution in [0.25, 0.3) is 0 Å². The molecule has 2 aliphatic rings. The highest BCUT2D eigenvalue weighted by Crippen LogP contribution is 2.65. The lowest BCUT2D eigenvalue weighted by Crippen LogP contribution is -2.45. The fourth-order valence-corrected chi connectivity index (χ4v) is 4.47. The first-order valence-electron chi connectivity index (χ1n) is 6.77. The molecule has 0 radical (unpaired) electrons. The van der Waals surface area contributed by atoms with Crippen LogP contribution in [0, 0.1) is 29.1 Å². The Morgan fingerprint density at radius 1 is 1.41 bits per heavy atom. The van der Waals surface area contributed by atoms with Gasteiger partial charge in [-0.1, -0.05) is 26.7 Å². The largest absolute Gasteiger partial charge is 0.313 e. The average molecular weight is 251 g/mol. The zero-order chi connectivity index (χ0) is 12.5. The second-order valence-electron chi connectivity index (χ2n) is 6.37. The number of rotatable bonds is 5. The summed E-state index contributed by atoms with van der Waals surface area (Å²) >= 11 is 1.86. The minimum absolute atomic E-state index is 0.508. The molecule has 2 heteroatoms. The fourth-order valence-electron chi connectivity index (χ4n) is 3.95. The minimum atomic E-state index is 0.508. The van der Waals surface area contributed by atoms with Gasteiger partial charge in [0.2, 0.25) is 0 Å². The van der Waals surface area contributed by atoms with E-state index in [9.17, 15) is 0 Å². The summed E-state index contributed by atoms with van der Waals surface area (Å²) in [6, 6.07) is 0.725. The second-order valence-corrected chi connectivity index (χ2v) is 7.48. The highest BCUT2D eigenvalue weighted by atomic mass is 32.2. The Bertz CT molecular complexity index is 317. The molecule has 0 saturated heterocycles. The molecular formula is C15H25NS. The van der Waals surface area contributed by atoms with Crippen molar-refractivity contribution in [2.75, 3.05) is 18.1 Å². The lowest BCUT2D eigenvalue weighted by atomic mass is 9.69. The maximum atomic E-state index is 5.25. The zero-order valence-electron chi connectivity index (χ0n) is 11.4. The first-order valence-corrected chi connectivity index (χ1v) is 7.92. The number of fused-ring (bicyclic) bond motifs is 2. The predicted molar refractivity (Wildman–Crippen MR) is 77.2 cm³/mol. The number of nitrogens with one attached hydrogen (secondary N) is 1. The van der Waals surface area contributed by atoms with Crippen molar-refractivity contribution in [3.05, 3.63) is 0 Å². The molecule has 2 saturated carbocycles. The van der Waals surface area contributed by atoms with Gasteiger partial charge >= 0.3 is 0 Å². The maximum absolute atomic E-state index is 5.25. The molecule has 17 heavy (non-hydrogen) atoms. The topological polar surface area (TPSA) is 12.0 Å². The number of hydrogen-bond acceptors (Lipinski definition) is 2. The zero-order valence-corrected chi connectivity index (χ0v) is 12.2. The molecule has 0 aliphatic heterocycles. The van der Waals surface area contributed by atoms with Crippen LogP contribution in [0.15, 0.2) is 0 Å². The van der Waals surface area contributed by atoms with Gasteiger partial charge in [-0.3, -0.25) is 0 Å². The van der Waals surface area contributed by atoms with Crippen LogP contribution >= 0.6 is 11.8 Å². The molecule has 0 spiro atoms. The lowest BCUT2D eigenvalue weighted by Gasteiger charge is -2.39. The van der Waals surface area contributed by atoms with E-state index >= 15 is 0 Å². The van der Waals surface area contributed by atoms with Gasteiger partial charge in [0.1, 0.15) is 0 Å². The summed E-state index contributed by atoms with van der Waals surface area (Å²) in [5.74, 6) is 5.60. The normalized spacial score (nSPS) is 38.2. The van der Waals surface area contributed by atoms with Crippen LogP contribution in [-0.4, -0.2) is 24.1 Å². The average Bonchev–Trinajstić information content (AvgIpc) is 2.61. The van der Waals surface area contributed by atoms with Crippen LogP contribution in [0.2, 0.25) is 0 Å². The van der Waals surface area contributed by atoms with Crippen LogP contribution in [0.4, 0.5) is 0 Å². The summed E-state index contributed by atoms with van der Waals surface area (Å²) in [7, 11) is 0. The van der Waals surface area contributed by atoms with Crippen LogP contribution in [0.3, 0.4) is 0 Å². The molecule has 3 atom stereocenters. The number of terminal acetylenes is 1. The summed E-state index contributed by atoms with van der Waals surface area (Å²) in [4.78, 5) is 0. The summed E-state index contributed by atoms with van der Waals surface area (Å²) in [5, 5.41) is 3.78.